The summed E-state index contributed by atoms with van der Waals surface area (Å²) >= 11 is 0. The molecule has 2 heterocycles. The first-order valence-electron chi connectivity index (χ1n) is 8.70. The number of nitrogens with zero attached hydrogens (tertiary/aromatic N) is 2. The third-order valence-corrected chi connectivity index (χ3v) is 4.45. The molecular weight excluding hydrogens is 338 g/mol. The topological polar surface area (TPSA) is 62.1 Å². The maximum Gasteiger partial charge on any atom is 0.270 e. The van der Waals surface area contributed by atoms with Crippen LogP contribution >= 0.6 is 0 Å². The SMILES string of the molecule is CN(Cc1ccccc1)C(=O)c1cc(-c2nocc2-c2ccccc2)c[nH]1. The minimum atomic E-state index is -0.0742. The van der Waals surface area contributed by atoms with Crippen LogP contribution in [0.15, 0.2) is 83.7 Å². The number of rotatable bonds is 5. The Morgan fingerprint density at radius 2 is 1.74 bits per heavy atom. The van der Waals surface area contributed by atoms with E-state index in [1.165, 1.54) is 0 Å². The van der Waals surface area contributed by atoms with Crippen molar-refractivity contribution in [2.75, 3.05) is 7.05 Å². The predicted molar refractivity (Wildman–Crippen MR) is 104 cm³/mol. The normalized spacial score (nSPS) is 10.7. The van der Waals surface area contributed by atoms with E-state index in [-0.39, 0.29) is 5.91 Å². The molecule has 0 radical (unpaired) electrons. The number of aromatic amines is 1. The highest BCUT2D eigenvalue weighted by Gasteiger charge is 2.18. The highest BCUT2D eigenvalue weighted by atomic mass is 16.5. The summed E-state index contributed by atoms with van der Waals surface area (Å²) in [6.07, 6.45) is 3.41. The summed E-state index contributed by atoms with van der Waals surface area (Å²) in [6.45, 7) is 0.549. The van der Waals surface area contributed by atoms with E-state index in [2.05, 4.69) is 10.1 Å². The molecule has 0 atom stereocenters. The first kappa shape index (κ1) is 16.8. The fraction of sp³-hybridized carbons (Fsp3) is 0.0909. The van der Waals surface area contributed by atoms with Crippen molar-refractivity contribution in [2.45, 2.75) is 6.54 Å². The molecule has 0 aliphatic rings. The molecule has 0 saturated heterocycles. The highest BCUT2D eigenvalue weighted by Crippen LogP contribution is 2.31. The molecular formula is C22H19N3O2. The van der Waals surface area contributed by atoms with Crippen molar-refractivity contribution in [3.05, 3.63) is 90.4 Å². The smallest absolute Gasteiger partial charge is 0.270 e. The van der Waals surface area contributed by atoms with Crippen LogP contribution in [0.4, 0.5) is 0 Å². The quantitative estimate of drug-likeness (QED) is 0.567. The first-order chi connectivity index (χ1) is 13.2. The Morgan fingerprint density at radius 3 is 2.48 bits per heavy atom. The number of H-pyrrole nitrogens is 1. The van der Waals surface area contributed by atoms with E-state index in [0.29, 0.717) is 17.9 Å². The van der Waals surface area contributed by atoms with Crippen molar-refractivity contribution in [3.63, 3.8) is 0 Å². The van der Waals surface area contributed by atoms with Gasteiger partial charge in [-0.3, -0.25) is 4.79 Å². The monoisotopic (exact) mass is 357 g/mol. The average molecular weight is 357 g/mol. The van der Waals surface area contributed by atoms with Crippen LogP contribution in [0.3, 0.4) is 0 Å². The van der Waals surface area contributed by atoms with Crippen LogP contribution in [0.25, 0.3) is 22.4 Å². The molecule has 5 nitrogen and oxygen atoms in total. The van der Waals surface area contributed by atoms with E-state index >= 15 is 0 Å². The standard InChI is InChI=1S/C22H19N3O2/c1-25(14-16-8-4-2-5-9-16)22(26)20-12-18(13-23-20)21-19(15-27-24-21)17-10-6-3-7-11-17/h2-13,15,23H,14H2,1H3. The molecule has 4 rings (SSSR count). The summed E-state index contributed by atoms with van der Waals surface area (Å²) in [5.41, 5.74) is 5.05. The van der Waals surface area contributed by atoms with E-state index < -0.39 is 0 Å². The largest absolute Gasteiger partial charge is 0.363 e. The minimum Gasteiger partial charge on any atom is -0.363 e. The fourth-order valence-electron chi connectivity index (χ4n) is 3.06. The van der Waals surface area contributed by atoms with Gasteiger partial charge in [-0.1, -0.05) is 65.8 Å². The molecule has 0 unspecified atom stereocenters. The van der Waals surface area contributed by atoms with E-state index in [1.54, 1.807) is 24.4 Å². The summed E-state index contributed by atoms with van der Waals surface area (Å²) in [5.74, 6) is -0.0742. The predicted octanol–water partition coefficient (Wildman–Crippen LogP) is 4.61. The number of aromatic nitrogens is 2. The minimum absolute atomic E-state index is 0.0742. The molecule has 0 spiro atoms. The van der Waals surface area contributed by atoms with Gasteiger partial charge in [0.2, 0.25) is 0 Å². The lowest BCUT2D eigenvalue weighted by molar-refractivity contribution is 0.0780. The van der Waals surface area contributed by atoms with Crippen molar-refractivity contribution in [1.29, 1.82) is 0 Å². The summed E-state index contributed by atoms with van der Waals surface area (Å²) < 4.78 is 5.19. The zero-order valence-electron chi connectivity index (χ0n) is 14.9. The van der Waals surface area contributed by atoms with Gasteiger partial charge in [-0.05, 0) is 17.2 Å². The Kier molecular flexibility index (Phi) is 4.58. The zero-order chi connectivity index (χ0) is 18.6. The summed E-state index contributed by atoms with van der Waals surface area (Å²) in [6, 6.07) is 21.6. The molecule has 0 bridgehead atoms. The van der Waals surface area contributed by atoms with Gasteiger partial charge in [0.05, 0.1) is 0 Å². The molecule has 0 aliphatic carbocycles. The van der Waals surface area contributed by atoms with Gasteiger partial charge in [0.25, 0.3) is 5.91 Å². The third-order valence-electron chi connectivity index (χ3n) is 4.45. The maximum atomic E-state index is 12.7. The van der Waals surface area contributed by atoms with Crippen molar-refractivity contribution < 1.29 is 9.32 Å². The van der Waals surface area contributed by atoms with Gasteiger partial charge in [-0.2, -0.15) is 0 Å². The van der Waals surface area contributed by atoms with E-state index in [0.717, 1.165) is 22.3 Å². The molecule has 4 aromatic rings. The molecule has 0 saturated carbocycles. The average Bonchev–Trinajstić information content (AvgIpc) is 3.38. The summed E-state index contributed by atoms with van der Waals surface area (Å²) in [4.78, 5) is 17.5. The Hall–Kier alpha value is -3.60. The summed E-state index contributed by atoms with van der Waals surface area (Å²) in [7, 11) is 1.79. The van der Waals surface area contributed by atoms with Crippen molar-refractivity contribution in [3.8, 4) is 22.4 Å². The molecule has 0 fully saturated rings. The van der Waals surface area contributed by atoms with Gasteiger partial charge in [-0.25, -0.2) is 0 Å². The molecule has 5 heteroatoms. The molecule has 1 N–H and O–H groups in total. The van der Waals surface area contributed by atoms with Gasteiger partial charge in [0, 0.05) is 30.9 Å². The fourth-order valence-corrected chi connectivity index (χ4v) is 3.06. The third kappa shape index (κ3) is 3.53. The Bertz CT molecular complexity index is 1040. The Labute approximate surface area is 157 Å². The van der Waals surface area contributed by atoms with Crippen LogP contribution in [0.2, 0.25) is 0 Å². The highest BCUT2D eigenvalue weighted by molar-refractivity contribution is 5.94. The lowest BCUT2D eigenvalue weighted by Gasteiger charge is -2.16. The number of carbonyl (C=O) groups excluding carboxylic acids is 1. The first-order valence-corrected chi connectivity index (χ1v) is 8.70. The molecule has 0 aliphatic heterocycles. The van der Waals surface area contributed by atoms with Gasteiger partial charge in [0.1, 0.15) is 17.7 Å². The van der Waals surface area contributed by atoms with E-state index in [4.69, 9.17) is 4.52 Å². The lowest BCUT2D eigenvalue weighted by atomic mass is 10.0. The number of hydrogen-bond acceptors (Lipinski definition) is 3. The van der Waals surface area contributed by atoms with Gasteiger partial charge in [-0.15, -0.1) is 0 Å². The number of amides is 1. The van der Waals surface area contributed by atoms with E-state index in [9.17, 15) is 4.79 Å². The number of benzene rings is 2. The second kappa shape index (κ2) is 7.33. The molecule has 27 heavy (non-hydrogen) atoms. The van der Waals surface area contributed by atoms with Crippen molar-refractivity contribution >= 4 is 5.91 Å². The van der Waals surface area contributed by atoms with E-state index in [1.807, 2.05) is 66.7 Å². The number of nitrogens with one attached hydrogen (secondary N) is 1. The van der Waals surface area contributed by atoms with Crippen molar-refractivity contribution in [2.24, 2.45) is 0 Å². The van der Waals surface area contributed by atoms with Gasteiger partial charge >= 0.3 is 0 Å². The van der Waals surface area contributed by atoms with Crippen LogP contribution in [0.5, 0.6) is 0 Å². The Balaban J connectivity index is 1.56. The summed E-state index contributed by atoms with van der Waals surface area (Å²) in [5, 5.41) is 4.13. The van der Waals surface area contributed by atoms with Gasteiger partial charge < -0.3 is 14.4 Å². The van der Waals surface area contributed by atoms with Gasteiger partial charge in [0.15, 0.2) is 0 Å². The molecule has 2 aromatic heterocycles. The maximum absolute atomic E-state index is 12.7. The molecule has 134 valence electrons. The number of carbonyl (C=O) groups is 1. The van der Waals surface area contributed by atoms with Crippen LogP contribution in [-0.4, -0.2) is 28.0 Å². The van der Waals surface area contributed by atoms with Crippen LogP contribution in [0, 0.1) is 0 Å². The molecule has 1 amide bonds. The zero-order valence-corrected chi connectivity index (χ0v) is 14.9. The molecule has 2 aromatic carbocycles. The second-order valence-electron chi connectivity index (χ2n) is 6.39. The van der Waals surface area contributed by atoms with Crippen LogP contribution < -0.4 is 0 Å². The van der Waals surface area contributed by atoms with Crippen LogP contribution in [0.1, 0.15) is 16.1 Å². The van der Waals surface area contributed by atoms with Crippen LogP contribution in [-0.2, 0) is 6.54 Å². The Morgan fingerprint density at radius 1 is 1.04 bits per heavy atom. The number of hydrogen-bond donors (Lipinski definition) is 1. The van der Waals surface area contributed by atoms with Crippen molar-refractivity contribution in [1.82, 2.24) is 15.0 Å². The second-order valence-corrected chi connectivity index (χ2v) is 6.39. The lowest BCUT2D eigenvalue weighted by Crippen LogP contribution is -2.26.